The number of hydrogen-bond acceptors (Lipinski definition) is 0. The predicted octanol–water partition coefficient (Wildman–Crippen LogP) is 5.48. The molecule has 0 aromatic rings. The molecule has 16 heavy (non-hydrogen) atoms. The normalized spacial score (nSPS) is 11.2. The van der Waals surface area contributed by atoms with Crippen molar-refractivity contribution < 1.29 is 0 Å². The van der Waals surface area contributed by atoms with Crippen LogP contribution in [0.3, 0.4) is 0 Å². The second kappa shape index (κ2) is 10.2. The molecule has 4 heteroatoms. The van der Waals surface area contributed by atoms with Crippen LogP contribution in [-0.4, -0.2) is 44.0 Å². The van der Waals surface area contributed by atoms with Crippen molar-refractivity contribution in [2.45, 2.75) is 78.6 Å². The zero-order chi connectivity index (χ0) is 13.5. The summed E-state index contributed by atoms with van der Waals surface area (Å²) in [4.78, 5) is 0. The van der Waals surface area contributed by atoms with Crippen LogP contribution in [0.1, 0.15) is 0 Å². The Morgan fingerprint density at radius 2 is 0.312 bits per heavy atom. The van der Waals surface area contributed by atoms with E-state index in [4.69, 9.17) is 0 Å². The van der Waals surface area contributed by atoms with E-state index in [1.165, 1.54) is 0 Å². The zero-order valence-electron chi connectivity index (χ0n) is 14.1. The molecule has 0 N–H and O–H groups in total. The monoisotopic (exact) mass is 333 g/mol. The van der Waals surface area contributed by atoms with Crippen LogP contribution in [0.5, 0.6) is 0 Å². The molecule has 0 unspecified atom stereocenters. The van der Waals surface area contributed by atoms with Gasteiger partial charge in [-0.2, -0.15) is 0 Å². The summed E-state index contributed by atoms with van der Waals surface area (Å²) in [6.07, 6.45) is 0. The minimum Gasteiger partial charge on any atom is -0.0697 e. The summed E-state index contributed by atoms with van der Waals surface area (Å²) in [5, 5.41) is 0. The average Bonchev–Trinajstić information content (AvgIpc) is 1.41. The first-order valence-corrected chi connectivity index (χ1v) is 18.0. The van der Waals surface area contributed by atoms with Crippen LogP contribution in [-0.2, 0) is 0 Å². The smallest absolute Gasteiger partial charge is 0.0411 e. The molecular formula is C12H36GaSi3. The molecule has 0 atom stereocenters. The number of hydrogen-bond donors (Lipinski definition) is 0. The summed E-state index contributed by atoms with van der Waals surface area (Å²) in [6, 6.07) is 0. The Balaban J connectivity index is -0.0000000655. The van der Waals surface area contributed by atoms with Gasteiger partial charge in [-0.3, -0.25) is 0 Å². The van der Waals surface area contributed by atoms with Gasteiger partial charge in [0, 0.05) is 44.0 Å². The van der Waals surface area contributed by atoms with Gasteiger partial charge in [0.25, 0.3) is 0 Å². The van der Waals surface area contributed by atoms with Gasteiger partial charge in [-0.05, 0) is 0 Å². The quantitative estimate of drug-likeness (QED) is 0.514. The van der Waals surface area contributed by atoms with Gasteiger partial charge in [-0.25, -0.2) is 0 Å². The van der Waals surface area contributed by atoms with Crippen LogP contribution in [0.2, 0.25) is 78.6 Å². The van der Waals surface area contributed by atoms with Gasteiger partial charge in [-0.1, -0.05) is 78.6 Å². The second-order valence-corrected chi connectivity index (χ2v) is 27.0. The molecule has 0 spiro atoms. The first kappa shape index (κ1) is 26.0. The first-order valence-electron chi connectivity index (χ1n) is 6.00. The van der Waals surface area contributed by atoms with E-state index in [9.17, 15) is 0 Å². The van der Waals surface area contributed by atoms with Crippen LogP contribution in [0.25, 0.3) is 0 Å². The molecule has 0 amide bonds. The molecule has 0 bridgehead atoms. The van der Waals surface area contributed by atoms with E-state index < -0.39 is 24.2 Å². The van der Waals surface area contributed by atoms with Gasteiger partial charge in [0.15, 0.2) is 0 Å². The average molecular weight is 334 g/mol. The van der Waals surface area contributed by atoms with Crippen molar-refractivity contribution in [2.24, 2.45) is 0 Å². The van der Waals surface area contributed by atoms with Crippen molar-refractivity contribution in [2.75, 3.05) is 0 Å². The maximum Gasteiger partial charge on any atom is 0.0411 e. The van der Waals surface area contributed by atoms with E-state index in [0.29, 0.717) is 0 Å². The summed E-state index contributed by atoms with van der Waals surface area (Å²) in [5.41, 5.74) is 0. The van der Waals surface area contributed by atoms with Crippen LogP contribution < -0.4 is 0 Å². The fraction of sp³-hybridized carbons (Fsp3) is 1.00. The Morgan fingerprint density at radius 3 is 0.312 bits per heavy atom. The minimum absolute atomic E-state index is 0. The summed E-state index contributed by atoms with van der Waals surface area (Å²) in [5.74, 6) is 0. The third-order valence-corrected chi connectivity index (χ3v) is 0. The Kier molecular flexibility index (Phi) is 16.6. The van der Waals surface area contributed by atoms with Crippen molar-refractivity contribution in [3.63, 3.8) is 0 Å². The molecule has 0 aliphatic carbocycles. The van der Waals surface area contributed by atoms with Gasteiger partial charge in [-0.15, -0.1) is 0 Å². The molecule has 0 aliphatic heterocycles. The molecule has 0 rings (SSSR count). The molecule has 0 heterocycles. The van der Waals surface area contributed by atoms with Crippen LogP contribution in [0.15, 0.2) is 0 Å². The second-order valence-electron chi connectivity index (χ2n) is 9.00. The summed E-state index contributed by atoms with van der Waals surface area (Å²) in [7, 11) is -1.83. The van der Waals surface area contributed by atoms with E-state index in [-0.39, 0.29) is 19.8 Å². The third-order valence-electron chi connectivity index (χ3n) is 0. The van der Waals surface area contributed by atoms with E-state index in [1.807, 2.05) is 0 Å². The Bertz CT molecular complexity index is 91.3. The molecule has 0 aliphatic rings. The molecule has 0 saturated heterocycles. The van der Waals surface area contributed by atoms with Crippen molar-refractivity contribution in [1.82, 2.24) is 0 Å². The van der Waals surface area contributed by atoms with Gasteiger partial charge in [0.2, 0.25) is 0 Å². The van der Waals surface area contributed by atoms with Crippen molar-refractivity contribution in [3.05, 3.63) is 0 Å². The Morgan fingerprint density at radius 1 is 0.312 bits per heavy atom. The zero-order valence-corrected chi connectivity index (χ0v) is 19.5. The largest absolute Gasteiger partial charge is 0.0697 e. The predicted molar refractivity (Wildman–Crippen MR) is 93.4 cm³/mol. The molecule has 0 saturated carbocycles. The van der Waals surface area contributed by atoms with E-state index in [0.717, 1.165) is 0 Å². The van der Waals surface area contributed by atoms with Gasteiger partial charge in [0.1, 0.15) is 0 Å². The Labute approximate surface area is 122 Å². The Hall–Kier alpha value is 1.29. The summed E-state index contributed by atoms with van der Waals surface area (Å²) >= 11 is 0. The topological polar surface area (TPSA) is 0 Å². The first-order chi connectivity index (χ1) is 6.00. The van der Waals surface area contributed by atoms with Crippen LogP contribution in [0, 0.1) is 0 Å². The van der Waals surface area contributed by atoms with Gasteiger partial charge < -0.3 is 0 Å². The van der Waals surface area contributed by atoms with E-state index in [2.05, 4.69) is 78.6 Å². The summed E-state index contributed by atoms with van der Waals surface area (Å²) in [6.45, 7) is 27.9. The van der Waals surface area contributed by atoms with Gasteiger partial charge >= 0.3 is 0 Å². The standard InChI is InChI=1S/3C4H12Si.Ga/c3*1-5(2,3)4;/h3*1-4H3;. The minimum atomic E-state index is -0.611. The molecule has 0 aromatic heterocycles. The number of rotatable bonds is 0. The molecule has 0 fully saturated rings. The molecule has 0 nitrogen and oxygen atoms in total. The third kappa shape index (κ3) is 1880. The molecule has 3 radical (unpaired) electrons. The molecule has 99 valence electrons. The van der Waals surface area contributed by atoms with Crippen LogP contribution >= 0.6 is 0 Å². The fourth-order valence-electron chi connectivity index (χ4n) is 0. The van der Waals surface area contributed by atoms with Crippen molar-refractivity contribution in [3.8, 4) is 0 Å². The summed E-state index contributed by atoms with van der Waals surface area (Å²) < 4.78 is 0. The maximum absolute atomic E-state index is 2.33. The van der Waals surface area contributed by atoms with Crippen molar-refractivity contribution in [1.29, 1.82) is 0 Å². The maximum atomic E-state index is 2.33. The van der Waals surface area contributed by atoms with E-state index >= 15 is 0 Å². The molecular weight excluding hydrogens is 298 g/mol. The van der Waals surface area contributed by atoms with Crippen LogP contribution in [0.4, 0.5) is 0 Å². The van der Waals surface area contributed by atoms with E-state index in [1.54, 1.807) is 0 Å². The fourth-order valence-corrected chi connectivity index (χ4v) is 0. The van der Waals surface area contributed by atoms with Crippen molar-refractivity contribution >= 4 is 44.0 Å². The molecule has 0 aromatic carbocycles. The SMILES string of the molecule is C[Si](C)(C)C.C[Si](C)(C)C.C[Si](C)(C)C.[Ga]. The van der Waals surface area contributed by atoms with Gasteiger partial charge in [0.05, 0.1) is 0 Å².